The van der Waals surface area contributed by atoms with Crippen LogP contribution in [0.25, 0.3) is 11.1 Å². The zero-order valence-corrected chi connectivity index (χ0v) is 42.3. The first-order valence-corrected chi connectivity index (χ1v) is 26.2. The fourth-order valence-corrected chi connectivity index (χ4v) is 7.67. The minimum absolute atomic E-state index is 0.0457. The van der Waals surface area contributed by atoms with Crippen LogP contribution in [0.15, 0.2) is 48.5 Å². The molecule has 15 heteroatoms. The Morgan fingerprint density at radius 2 is 0.725 bits per heavy atom. The molecule has 0 heterocycles. The second-order valence-corrected chi connectivity index (χ2v) is 16.9. The first-order valence-electron chi connectivity index (χ1n) is 26.2. The van der Waals surface area contributed by atoms with Crippen LogP contribution in [-0.2, 0) is 61.6 Å². The predicted octanol–water partition coefficient (Wildman–Crippen LogP) is 9.11. The van der Waals surface area contributed by atoms with Crippen molar-refractivity contribution in [3.8, 4) is 11.1 Å². The molecule has 0 saturated heterocycles. The van der Waals surface area contributed by atoms with Gasteiger partial charge in [-0.3, -0.25) is 4.79 Å². The van der Waals surface area contributed by atoms with Gasteiger partial charge in [-0.2, -0.15) is 0 Å². The summed E-state index contributed by atoms with van der Waals surface area (Å²) in [5.41, 5.74) is 4.80. The number of unbranched alkanes of at least 4 members (excludes halogenated alkanes) is 12. The molecule has 69 heavy (non-hydrogen) atoms. The highest BCUT2D eigenvalue weighted by atomic mass is 16.6. The second kappa shape index (κ2) is 44.7. The van der Waals surface area contributed by atoms with Gasteiger partial charge in [0.2, 0.25) is 0 Å². The summed E-state index contributed by atoms with van der Waals surface area (Å²) >= 11 is 0. The normalized spacial score (nSPS) is 12.1. The maximum Gasteiger partial charge on any atom is 0.407 e. The zero-order valence-electron chi connectivity index (χ0n) is 42.3. The van der Waals surface area contributed by atoms with Gasteiger partial charge in [-0.1, -0.05) is 133 Å². The number of amides is 1. The van der Waals surface area contributed by atoms with E-state index in [9.17, 15) is 9.59 Å². The molecule has 2 aromatic rings. The molecule has 1 N–H and O–H groups in total. The van der Waals surface area contributed by atoms with Crippen LogP contribution >= 0.6 is 0 Å². The molecule has 0 radical (unpaired) electrons. The molecule has 1 amide bonds. The highest BCUT2D eigenvalue weighted by molar-refractivity contribution is 5.79. The molecule has 0 aromatic heterocycles. The van der Waals surface area contributed by atoms with Gasteiger partial charge in [0.15, 0.2) is 0 Å². The van der Waals surface area contributed by atoms with E-state index >= 15 is 0 Å². The molecule has 0 spiro atoms. The molecule has 0 saturated carbocycles. The summed E-state index contributed by atoms with van der Waals surface area (Å²) in [6.45, 7) is 12.8. The van der Waals surface area contributed by atoms with E-state index in [2.05, 4.69) is 36.5 Å². The topological polar surface area (TPSA) is 157 Å². The number of esters is 1. The number of alkyl carbamates (subject to hydrolysis) is 1. The number of benzene rings is 2. The Morgan fingerprint density at radius 3 is 1.12 bits per heavy atom. The number of hydrogen-bond donors (Lipinski definition) is 1. The summed E-state index contributed by atoms with van der Waals surface area (Å²) in [7, 11) is 0. The summed E-state index contributed by atoms with van der Waals surface area (Å²) in [6.07, 6.45) is 17.5. The molecular formula is C54H89NO14. The lowest BCUT2D eigenvalue weighted by molar-refractivity contribution is -0.145. The summed E-state index contributed by atoms with van der Waals surface area (Å²) in [4.78, 5) is 24.2. The van der Waals surface area contributed by atoms with Gasteiger partial charge in [0.25, 0.3) is 0 Å². The van der Waals surface area contributed by atoms with Gasteiger partial charge in [-0.05, 0) is 35.1 Å². The third kappa shape index (κ3) is 32.4. The van der Waals surface area contributed by atoms with E-state index in [4.69, 9.17) is 56.8 Å². The van der Waals surface area contributed by atoms with Crippen molar-refractivity contribution in [3.63, 3.8) is 0 Å². The number of hydrogen-bond acceptors (Lipinski definition) is 14. The fraction of sp³-hybridized carbons (Fsp3) is 0.741. The smallest absolute Gasteiger partial charge is 0.407 e. The lowest BCUT2D eigenvalue weighted by atomic mass is 9.98. The van der Waals surface area contributed by atoms with E-state index in [-0.39, 0.29) is 18.5 Å². The Balaban J connectivity index is 0.903. The molecule has 0 bridgehead atoms. The highest BCUT2D eigenvalue weighted by Gasteiger charge is 2.29. The van der Waals surface area contributed by atoms with Crippen molar-refractivity contribution < 1.29 is 66.4 Å². The van der Waals surface area contributed by atoms with Crippen molar-refractivity contribution in [3.05, 3.63) is 59.7 Å². The predicted molar refractivity (Wildman–Crippen MR) is 267 cm³/mol. The molecule has 1 aliphatic rings. The Hall–Kier alpha value is -3.22. The van der Waals surface area contributed by atoms with Crippen LogP contribution in [0.2, 0.25) is 0 Å². The molecule has 0 atom stereocenters. The Bertz CT molecular complexity index is 1460. The van der Waals surface area contributed by atoms with Crippen molar-refractivity contribution in [2.24, 2.45) is 0 Å². The maximum atomic E-state index is 12.3. The summed E-state index contributed by atoms with van der Waals surface area (Å²) in [5, 5.41) is 2.81. The standard InChI is InChI=1S/C54H89NO14/c1-2-3-4-5-6-7-8-9-10-11-12-13-14-24-53(56)68-46-45-67-44-43-66-42-41-65-40-39-64-38-37-63-36-35-62-34-33-61-32-31-60-30-29-59-28-27-58-26-19-25-55-54(57)69-47-52-50-22-17-15-20-48(50)49-21-16-18-23-51(49)52/h15-18,20-23,52H,2-14,19,24-47H2,1H3,(H,55,57). The molecule has 2 aromatic carbocycles. The SMILES string of the molecule is CCCCCCCCCCCCCCCC(=O)OCCOCCOCCOCCOCCOCCOCCOCCOCCOCCOCCCNC(=O)OCC1c2ccccc2-c2ccccc21. The summed E-state index contributed by atoms with van der Waals surface area (Å²) in [5.74, 6) is -0.0904. The van der Waals surface area contributed by atoms with Crippen molar-refractivity contribution in [2.75, 3.05) is 152 Å². The van der Waals surface area contributed by atoms with Crippen LogP contribution in [0.4, 0.5) is 4.79 Å². The van der Waals surface area contributed by atoms with E-state index in [0.29, 0.717) is 158 Å². The summed E-state index contributed by atoms with van der Waals surface area (Å²) in [6, 6.07) is 16.6. The van der Waals surface area contributed by atoms with Crippen molar-refractivity contribution in [1.29, 1.82) is 0 Å². The number of fused-ring (bicyclic) bond motifs is 3. The number of carbonyl (C=O) groups is 2. The molecule has 0 unspecified atom stereocenters. The Labute approximate surface area is 414 Å². The third-order valence-corrected chi connectivity index (χ3v) is 11.4. The van der Waals surface area contributed by atoms with Crippen LogP contribution in [0.1, 0.15) is 120 Å². The second-order valence-electron chi connectivity index (χ2n) is 16.9. The average Bonchev–Trinajstić information content (AvgIpc) is 3.69. The number of ether oxygens (including phenoxy) is 12. The van der Waals surface area contributed by atoms with Crippen molar-refractivity contribution >= 4 is 12.1 Å². The first-order chi connectivity index (χ1) is 34.2. The highest BCUT2D eigenvalue weighted by Crippen LogP contribution is 2.44. The Morgan fingerprint density at radius 1 is 0.391 bits per heavy atom. The monoisotopic (exact) mass is 976 g/mol. The number of nitrogens with one attached hydrogen (secondary N) is 1. The van der Waals surface area contributed by atoms with E-state index in [1.54, 1.807) is 0 Å². The zero-order chi connectivity index (χ0) is 48.8. The van der Waals surface area contributed by atoms with Gasteiger partial charge in [-0.15, -0.1) is 0 Å². The number of carbonyl (C=O) groups excluding carboxylic acids is 2. The van der Waals surface area contributed by atoms with Gasteiger partial charge >= 0.3 is 12.1 Å². The van der Waals surface area contributed by atoms with E-state index in [0.717, 1.165) is 12.8 Å². The van der Waals surface area contributed by atoms with E-state index < -0.39 is 6.09 Å². The minimum Gasteiger partial charge on any atom is -0.463 e. The molecule has 394 valence electrons. The quantitative estimate of drug-likeness (QED) is 0.0495. The van der Waals surface area contributed by atoms with Gasteiger partial charge < -0.3 is 62.2 Å². The van der Waals surface area contributed by atoms with Gasteiger partial charge in [0.1, 0.15) is 13.2 Å². The first kappa shape index (κ1) is 60.1. The fourth-order valence-electron chi connectivity index (χ4n) is 7.67. The maximum absolute atomic E-state index is 12.3. The van der Waals surface area contributed by atoms with Crippen LogP contribution in [0.5, 0.6) is 0 Å². The van der Waals surface area contributed by atoms with Crippen LogP contribution in [0.3, 0.4) is 0 Å². The lowest BCUT2D eigenvalue weighted by Crippen LogP contribution is -2.27. The number of rotatable bonds is 50. The van der Waals surface area contributed by atoms with E-state index in [1.807, 2.05) is 24.3 Å². The van der Waals surface area contributed by atoms with Gasteiger partial charge in [0, 0.05) is 25.5 Å². The molecule has 15 nitrogen and oxygen atoms in total. The Kier molecular flexibility index (Phi) is 38.9. The lowest BCUT2D eigenvalue weighted by Gasteiger charge is -2.14. The minimum atomic E-state index is -0.417. The molecular weight excluding hydrogens is 887 g/mol. The third-order valence-electron chi connectivity index (χ3n) is 11.4. The molecule has 1 aliphatic carbocycles. The summed E-state index contributed by atoms with van der Waals surface area (Å²) < 4.78 is 66.1. The van der Waals surface area contributed by atoms with Gasteiger partial charge in [0.05, 0.1) is 126 Å². The van der Waals surface area contributed by atoms with Crippen molar-refractivity contribution in [1.82, 2.24) is 5.32 Å². The van der Waals surface area contributed by atoms with Crippen LogP contribution < -0.4 is 5.32 Å². The van der Waals surface area contributed by atoms with Crippen LogP contribution in [-0.4, -0.2) is 164 Å². The van der Waals surface area contributed by atoms with Crippen LogP contribution in [0, 0.1) is 0 Å². The molecule has 0 fully saturated rings. The van der Waals surface area contributed by atoms with Gasteiger partial charge in [-0.25, -0.2) is 4.79 Å². The molecule has 0 aliphatic heterocycles. The van der Waals surface area contributed by atoms with Crippen molar-refractivity contribution in [2.45, 2.75) is 109 Å². The largest absolute Gasteiger partial charge is 0.463 e. The molecule has 3 rings (SSSR count). The average molecular weight is 976 g/mol. The van der Waals surface area contributed by atoms with E-state index in [1.165, 1.54) is 92.9 Å².